The number of aromatic hydroxyl groups is 1. The normalized spacial score (nSPS) is 11.5. The third kappa shape index (κ3) is 1.76. The summed E-state index contributed by atoms with van der Waals surface area (Å²) in [5, 5.41) is 17.0. The molecule has 0 saturated carbocycles. The van der Waals surface area contributed by atoms with E-state index in [2.05, 4.69) is 23.9 Å². The Bertz CT molecular complexity index is 699. The minimum Gasteiger partial charge on any atom is -0.508 e. The summed E-state index contributed by atoms with van der Waals surface area (Å²) < 4.78 is 1.82. The van der Waals surface area contributed by atoms with Crippen molar-refractivity contribution >= 4 is 22.2 Å². The second-order valence-electron chi connectivity index (χ2n) is 4.49. The SMILES string of the molecule is CC(C)c1ncc(-n2ncc3ccc(O)cc32)s1. The minimum absolute atomic E-state index is 0.248. The number of thiazole rings is 1. The molecule has 2 heterocycles. The first-order valence-electron chi connectivity index (χ1n) is 5.78. The van der Waals surface area contributed by atoms with E-state index >= 15 is 0 Å². The van der Waals surface area contributed by atoms with Crippen molar-refractivity contribution in [1.82, 2.24) is 14.8 Å². The van der Waals surface area contributed by atoms with Crippen molar-refractivity contribution in [3.05, 3.63) is 35.6 Å². The maximum absolute atomic E-state index is 9.56. The van der Waals surface area contributed by atoms with Crippen molar-refractivity contribution < 1.29 is 5.11 Å². The van der Waals surface area contributed by atoms with Crippen molar-refractivity contribution in [2.75, 3.05) is 0 Å². The molecular formula is C13H13N3OS. The minimum atomic E-state index is 0.248. The van der Waals surface area contributed by atoms with Gasteiger partial charge in [-0.2, -0.15) is 5.10 Å². The molecule has 0 radical (unpaired) electrons. The highest BCUT2D eigenvalue weighted by Gasteiger charge is 2.10. The fourth-order valence-electron chi connectivity index (χ4n) is 1.83. The van der Waals surface area contributed by atoms with E-state index in [0.29, 0.717) is 5.92 Å². The first-order chi connectivity index (χ1) is 8.65. The first kappa shape index (κ1) is 11.2. The number of rotatable bonds is 2. The van der Waals surface area contributed by atoms with Gasteiger partial charge in [-0.25, -0.2) is 9.67 Å². The molecule has 1 N–H and O–H groups in total. The molecule has 5 heteroatoms. The molecule has 3 rings (SSSR count). The van der Waals surface area contributed by atoms with Gasteiger partial charge in [0, 0.05) is 17.4 Å². The molecule has 0 saturated heterocycles. The largest absolute Gasteiger partial charge is 0.508 e. The lowest BCUT2D eigenvalue weighted by Gasteiger charge is -2.00. The number of nitrogens with zero attached hydrogens (tertiary/aromatic N) is 3. The molecule has 0 aliphatic carbocycles. The molecule has 0 fully saturated rings. The maximum Gasteiger partial charge on any atom is 0.138 e. The van der Waals surface area contributed by atoms with E-state index < -0.39 is 0 Å². The van der Waals surface area contributed by atoms with Crippen LogP contribution in [0.25, 0.3) is 15.9 Å². The molecule has 92 valence electrons. The van der Waals surface area contributed by atoms with Crippen LogP contribution in [0.1, 0.15) is 24.8 Å². The number of phenols is 1. The number of aromatic nitrogens is 3. The van der Waals surface area contributed by atoms with Crippen LogP contribution in [-0.2, 0) is 0 Å². The van der Waals surface area contributed by atoms with Crippen LogP contribution in [-0.4, -0.2) is 19.9 Å². The average Bonchev–Trinajstić information content (AvgIpc) is 2.93. The van der Waals surface area contributed by atoms with Gasteiger partial charge >= 0.3 is 0 Å². The van der Waals surface area contributed by atoms with E-state index in [0.717, 1.165) is 20.9 Å². The standard InChI is InChI=1S/C13H13N3OS/c1-8(2)13-14-7-12(18-13)16-11-5-10(17)4-3-9(11)6-15-16/h3-8,17H,1-2H3. The lowest BCUT2D eigenvalue weighted by molar-refractivity contribution is 0.476. The Morgan fingerprint density at radius 2 is 2.11 bits per heavy atom. The maximum atomic E-state index is 9.56. The third-order valence-electron chi connectivity index (χ3n) is 2.77. The molecule has 0 bridgehead atoms. The van der Waals surface area contributed by atoms with Crippen LogP contribution in [0, 0.1) is 0 Å². The molecule has 0 spiro atoms. The van der Waals surface area contributed by atoms with Crippen LogP contribution in [0.15, 0.2) is 30.6 Å². The van der Waals surface area contributed by atoms with Gasteiger partial charge in [0.25, 0.3) is 0 Å². The zero-order valence-electron chi connectivity index (χ0n) is 10.2. The Kier molecular flexibility index (Phi) is 2.56. The zero-order valence-corrected chi connectivity index (χ0v) is 11.0. The van der Waals surface area contributed by atoms with E-state index in [4.69, 9.17) is 0 Å². The molecule has 4 nitrogen and oxygen atoms in total. The van der Waals surface area contributed by atoms with Gasteiger partial charge in [-0.05, 0) is 12.1 Å². The quantitative estimate of drug-likeness (QED) is 0.768. The molecule has 18 heavy (non-hydrogen) atoms. The van der Waals surface area contributed by atoms with Crippen molar-refractivity contribution in [2.45, 2.75) is 19.8 Å². The Morgan fingerprint density at radius 3 is 2.83 bits per heavy atom. The van der Waals surface area contributed by atoms with Crippen LogP contribution in [0.5, 0.6) is 5.75 Å². The van der Waals surface area contributed by atoms with Crippen LogP contribution < -0.4 is 0 Å². The van der Waals surface area contributed by atoms with Crippen molar-refractivity contribution in [3.8, 4) is 10.8 Å². The molecule has 0 aliphatic heterocycles. The molecule has 0 aliphatic rings. The van der Waals surface area contributed by atoms with Crippen LogP contribution >= 0.6 is 11.3 Å². The van der Waals surface area contributed by atoms with E-state index in [-0.39, 0.29) is 5.75 Å². The molecule has 1 aromatic carbocycles. The fourth-order valence-corrected chi connectivity index (χ4v) is 2.72. The number of hydrogen-bond donors (Lipinski definition) is 1. The highest BCUT2D eigenvalue weighted by Crippen LogP contribution is 2.27. The number of fused-ring (bicyclic) bond motifs is 1. The van der Waals surface area contributed by atoms with Gasteiger partial charge in [0.1, 0.15) is 10.8 Å². The van der Waals surface area contributed by atoms with Gasteiger partial charge in [0.2, 0.25) is 0 Å². The van der Waals surface area contributed by atoms with E-state index in [1.807, 2.05) is 16.9 Å². The summed E-state index contributed by atoms with van der Waals surface area (Å²) in [5.74, 6) is 0.664. The van der Waals surface area contributed by atoms with Gasteiger partial charge < -0.3 is 5.11 Å². The summed E-state index contributed by atoms with van der Waals surface area (Å²) >= 11 is 1.63. The number of hydrogen-bond acceptors (Lipinski definition) is 4. The summed E-state index contributed by atoms with van der Waals surface area (Å²) in [6.07, 6.45) is 3.63. The number of phenolic OH excluding ortho intramolecular Hbond substituents is 1. The second kappa shape index (κ2) is 4.10. The van der Waals surface area contributed by atoms with Gasteiger partial charge in [0.05, 0.1) is 22.9 Å². The predicted molar refractivity (Wildman–Crippen MR) is 72.5 cm³/mol. The van der Waals surface area contributed by atoms with Gasteiger partial charge in [0.15, 0.2) is 0 Å². The Morgan fingerprint density at radius 1 is 1.28 bits per heavy atom. The summed E-state index contributed by atoms with van der Waals surface area (Å²) in [4.78, 5) is 4.40. The molecule has 0 unspecified atom stereocenters. The summed E-state index contributed by atoms with van der Waals surface area (Å²) in [6.45, 7) is 4.24. The average molecular weight is 259 g/mol. The summed E-state index contributed by atoms with van der Waals surface area (Å²) in [6, 6.07) is 5.25. The van der Waals surface area contributed by atoms with E-state index in [9.17, 15) is 5.11 Å². The first-order valence-corrected chi connectivity index (χ1v) is 6.59. The van der Waals surface area contributed by atoms with Crippen LogP contribution in [0.4, 0.5) is 0 Å². The molecule has 0 amide bonds. The predicted octanol–water partition coefficient (Wildman–Crippen LogP) is 3.31. The Hall–Kier alpha value is -1.88. The Labute approximate surface area is 109 Å². The van der Waals surface area contributed by atoms with Gasteiger partial charge in [-0.15, -0.1) is 0 Å². The summed E-state index contributed by atoms with van der Waals surface area (Å²) in [7, 11) is 0. The van der Waals surface area contributed by atoms with Crippen LogP contribution in [0.2, 0.25) is 0 Å². The van der Waals surface area contributed by atoms with E-state index in [1.165, 1.54) is 0 Å². The van der Waals surface area contributed by atoms with Crippen molar-refractivity contribution in [3.63, 3.8) is 0 Å². The lowest BCUT2D eigenvalue weighted by atomic mass is 10.2. The fraction of sp³-hybridized carbons (Fsp3) is 0.231. The molecular weight excluding hydrogens is 246 g/mol. The monoisotopic (exact) mass is 259 g/mol. The topological polar surface area (TPSA) is 50.9 Å². The van der Waals surface area contributed by atoms with Gasteiger partial charge in [-0.1, -0.05) is 25.2 Å². The Balaban J connectivity index is 2.15. The van der Waals surface area contributed by atoms with Crippen molar-refractivity contribution in [1.29, 1.82) is 0 Å². The molecule has 3 aromatic rings. The molecule has 0 atom stereocenters. The third-order valence-corrected chi connectivity index (χ3v) is 4.04. The van der Waals surface area contributed by atoms with Gasteiger partial charge in [-0.3, -0.25) is 0 Å². The lowest BCUT2D eigenvalue weighted by Crippen LogP contribution is -1.91. The van der Waals surface area contributed by atoms with Crippen molar-refractivity contribution in [2.24, 2.45) is 0 Å². The van der Waals surface area contributed by atoms with Crippen LogP contribution in [0.3, 0.4) is 0 Å². The summed E-state index contributed by atoms with van der Waals surface area (Å²) in [5.41, 5.74) is 0.897. The van der Waals surface area contributed by atoms with E-state index in [1.54, 1.807) is 29.7 Å². The highest BCUT2D eigenvalue weighted by molar-refractivity contribution is 7.14. The highest BCUT2D eigenvalue weighted by atomic mass is 32.1. The number of benzene rings is 1. The second-order valence-corrected chi connectivity index (χ2v) is 5.53. The zero-order chi connectivity index (χ0) is 12.7. The smallest absolute Gasteiger partial charge is 0.138 e. The molecule has 2 aromatic heterocycles.